The van der Waals surface area contributed by atoms with E-state index in [-0.39, 0.29) is 5.69 Å². The van der Waals surface area contributed by atoms with Gasteiger partial charge in [0.2, 0.25) is 0 Å². The Kier molecular flexibility index (Phi) is 5.29. The summed E-state index contributed by atoms with van der Waals surface area (Å²) in [7, 11) is 1.90. The largest absolute Gasteiger partial charge is 0.364 e. The standard InChI is InChI=1S/C16H12N6OS.CH4S/c1-22-6-4-10-12(22)7-11(19-13(10)14(17)23)16-21-20-15(24-16)9-3-2-5-18-8-9;1-2/h2-8H,1H3,(H2,17,23);2H,1H3. The highest BCUT2D eigenvalue weighted by atomic mass is 32.1. The number of hydrogen-bond donors (Lipinski definition) is 2. The van der Waals surface area contributed by atoms with Crippen molar-refractivity contribution < 1.29 is 4.79 Å². The average molecular weight is 384 g/mol. The predicted molar refractivity (Wildman–Crippen MR) is 106 cm³/mol. The number of pyridine rings is 2. The van der Waals surface area contributed by atoms with Crippen LogP contribution in [0.15, 0.2) is 42.9 Å². The monoisotopic (exact) mass is 384 g/mol. The third-order valence-electron chi connectivity index (χ3n) is 3.67. The Hall–Kier alpha value is -2.78. The Bertz CT molecular complexity index is 1060. The number of nitrogens with zero attached hydrogens (tertiary/aromatic N) is 5. The lowest BCUT2D eigenvalue weighted by Crippen LogP contribution is -2.14. The van der Waals surface area contributed by atoms with Gasteiger partial charge in [-0.05, 0) is 30.5 Å². The first-order chi connectivity index (χ1) is 12.6. The number of amides is 1. The molecule has 2 N–H and O–H groups in total. The number of carbonyl (C=O) groups is 1. The van der Waals surface area contributed by atoms with E-state index >= 15 is 0 Å². The van der Waals surface area contributed by atoms with E-state index in [0.29, 0.717) is 10.7 Å². The van der Waals surface area contributed by atoms with E-state index in [1.807, 2.05) is 42.1 Å². The highest BCUT2D eigenvalue weighted by molar-refractivity contribution is 7.79. The summed E-state index contributed by atoms with van der Waals surface area (Å²) in [5, 5.41) is 10.5. The van der Waals surface area contributed by atoms with Crippen LogP contribution in [-0.4, -0.2) is 36.9 Å². The highest BCUT2D eigenvalue weighted by Gasteiger charge is 2.17. The zero-order chi connectivity index (χ0) is 18.7. The van der Waals surface area contributed by atoms with E-state index in [0.717, 1.165) is 21.5 Å². The SMILES string of the molecule is CS.Cn1ccc2c(C(N)=O)nc(-c3nnc(-c4cccnc4)s3)cc21. The Labute approximate surface area is 159 Å². The van der Waals surface area contributed by atoms with Crippen LogP contribution in [0.1, 0.15) is 10.5 Å². The van der Waals surface area contributed by atoms with Gasteiger partial charge in [-0.1, -0.05) is 11.3 Å². The summed E-state index contributed by atoms with van der Waals surface area (Å²) >= 11 is 4.92. The van der Waals surface area contributed by atoms with Crippen molar-refractivity contribution in [1.82, 2.24) is 24.7 Å². The van der Waals surface area contributed by atoms with Crippen LogP contribution in [0.4, 0.5) is 0 Å². The van der Waals surface area contributed by atoms with Crippen LogP contribution in [0.5, 0.6) is 0 Å². The Morgan fingerprint density at radius 1 is 1.23 bits per heavy atom. The lowest BCUT2D eigenvalue weighted by molar-refractivity contribution is 0.0997. The first-order valence-corrected chi connectivity index (χ1v) is 9.29. The molecule has 0 spiro atoms. The Balaban J connectivity index is 0.000000948. The van der Waals surface area contributed by atoms with Crippen LogP contribution in [0.25, 0.3) is 32.2 Å². The molecule has 0 bridgehead atoms. The van der Waals surface area contributed by atoms with E-state index in [1.165, 1.54) is 11.3 Å². The van der Waals surface area contributed by atoms with Crippen LogP contribution < -0.4 is 5.73 Å². The third kappa shape index (κ3) is 3.31. The van der Waals surface area contributed by atoms with Gasteiger partial charge in [0.25, 0.3) is 5.91 Å². The molecule has 0 fully saturated rings. The summed E-state index contributed by atoms with van der Waals surface area (Å²) in [6.07, 6.45) is 6.99. The van der Waals surface area contributed by atoms with Gasteiger partial charge in [0.15, 0.2) is 5.01 Å². The number of aryl methyl sites for hydroxylation is 1. The molecule has 26 heavy (non-hydrogen) atoms. The number of nitrogens with two attached hydrogens (primary N) is 1. The molecule has 4 heterocycles. The molecule has 0 saturated heterocycles. The number of fused-ring (bicyclic) bond motifs is 1. The molecule has 0 aliphatic rings. The van der Waals surface area contributed by atoms with Crippen molar-refractivity contribution in [3.63, 3.8) is 0 Å². The number of thiol groups is 1. The predicted octanol–water partition coefficient (Wildman–Crippen LogP) is 2.80. The summed E-state index contributed by atoms with van der Waals surface area (Å²) in [5.74, 6) is -0.565. The van der Waals surface area contributed by atoms with E-state index in [9.17, 15) is 4.79 Å². The molecular weight excluding hydrogens is 368 g/mol. The highest BCUT2D eigenvalue weighted by Crippen LogP contribution is 2.31. The van der Waals surface area contributed by atoms with Crippen LogP contribution in [-0.2, 0) is 7.05 Å². The Morgan fingerprint density at radius 2 is 2.00 bits per heavy atom. The normalized spacial score (nSPS) is 10.4. The summed E-state index contributed by atoms with van der Waals surface area (Å²) in [6.45, 7) is 0. The van der Waals surface area contributed by atoms with Crippen LogP contribution in [0, 0.1) is 0 Å². The smallest absolute Gasteiger partial charge is 0.268 e. The van der Waals surface area contributed by atoms with Crippen molar-refractivity contribution >= 4 is 40.8 Å². The quantitative estimate of drug-likeness (QED) is 0.529. The van der Waals surface area contributed by atoms with Crippen molar-refractivity contribution in [1.29, 1.82) is 0 Å². The molecule has 4 rings (SSSR count). The van der Waals surface area contributed by atoms with Gasteiger partial charge >= 0.3 is 0 Å². The van der Waals surface area contributed by atoms with Crippen LogP contribution in [0.3, 0.4) is 0 Å². The fraction of sp³-hybridized carbons (Fsp3) is 0.118. The molecule has 7 nitrogen and oxygen atoms in total. The van der Waals surface area contributed by atoms with Gasteiger partial charge < -0.3 is 10.3 Å². The van der Waals surface area contributed by atoms with Crippen molar-refractivity contribution in [2.45, 2.75) is 0 Å². The summed E-state index contributed by atoms with van der Waals surface area (Å²) in [5.41, 5.74) is 8.05. The number of rotatable bonds is 3. The molecule has 0 atom stereocenters. The molecule has 0 radical (unpaired) electrons. The molecule has 132 valence electrons. The number of aromatic nitrogens is 5. The summed E-state index contributed by atoms with van der Waals surface area (Å²) < 4.78 is 1.91. The maximum Gasteiger partial charge on any atom is 0.268 e. The van der Waals surface area contributed by atoms with Gasteiger partial charge in [0, 0.05) is 36.6 Å². The van der Waals surface area contributed by atoms with Crippen molar-refractivity contribution in [2.75, 3.05) is 6.26 Å². The lowest BCUT2D eigenvalue weighted by atomic mass is 10.2. The zero-order valence-electron chi connectivity index (χ0n) is 14.1. The zero-order valence-corrected chi connectivity index (χ0v) is 15.8. The third-order valence-corrected chi connectivity index (χ3v) is 4.66. The van der Waals surface area contributed by atoms with Crippen LogP contribution in [0.2, 0.25) is 0 Å². The van der Waals surface area contributed by atoms with Gasteiger partial charge in [-0.3, -0.25) is 9.78 Å². The Morgan fingerprint density at radius 3 is 2.69 bits per heavy atom. The van der Waals surface area contributed by atoms with Crippen molar-refractivity contribution in [3.8, 4) is 21.3 Å². The summed E-state index contributed by atoms with van der Waals surface area (Å²) in [4.78, 5) is 20.2. The molecule has 4 aromatic heterocycles. The molecule has 0 aliphatic carbocycles. The summed E-state index contributed by atoms with van der Waals surface area (Å²) in [6, 6.07) is 7.47. The lowest BCUT2D eigenvalue weighted by Gasteiger charge is -2.03. The molecule has 0 unspecified atom stereocenters. The second-order valence-corrected chi connectivity index (χ2v) is 6.21. The first kappa shape index (κ1) is 18.0. The van der Waals surface area contributed by atoms with Gasteiger partial charge in [-0.2, -0.15) is 12.6 Å². The van der Waals surface area contributed by atoms with Crippen LogP contribution >= 0.6 is 24.0 Å². The van der Waals surface area contributed by atoms with Gasteiger partial charge in [0.05, 0.1) is 5.52 Å². The first-order valence-electron chi connectivity index (χ1n) is 7.58. The topological polar surface area (TPSA) is 99.6 Å². The second-order valence-electron chi connectivity index (χ2n) is 5.23. The number of primary amides is 1. The minimum Gasteiger partial charge on any atom is -0.364 e. The van der Waals surface area contributed by atoms with Gasteiger partial charge in [-0.15, -0.1) is 10.2 Å². The number of hydrogen-bond acceptors (Lipinski definition) is 7. The number of carbonyl (C=O) groups excluding carboxylic acids is 1. The van der Waals surface area contributed by atoms with Gasteiger partial charge in [0.1, 0.15) is 16.4 Å². The molecule has 0 aromatic carbocycles. The molecule has 1 amide bonds. The minimum atomic E-state index is -0.565. The maximum atomic E-state index is 11.7. The van der Waals surface area contributed by atoms with E-state index in [4.69, 9.17) is 5.73 Å². The second kappa shape index (κ2) is 7.63. The molecule has 4 aromatic rings. The minimum absolute atomic E-state index is 0.237. The van der Waals surface area contributed by atoms with Crippen molar-refractivity contribution in [3.05, 3.63) is 48.5 Å². The molecule has 0 aliphatic heterocycles. The fourth-order valence-electron chi connectivity index (χ4n) is 2.49. The fourth-order valence-corrected chi connectivity index (χ4v) is 3.29. The van der Waals surface area contributed by atoms with Crippen molar-refractivity contribution in [2.24, 2.45) is 12.8 Å². The maximum absolute atomic E-state index is 11.7. The van der Waals surface area contributed by atoms with Gasteiger partial charge in [-0.25, -0.2) is 4.98 Å². The average Bonchev–Trinajstić information content (AvgIpc) is 3.31. The van der Waals surface area contributed by atoms with E-state index in [1.54, 1.807) is 18.6 Å². The molecular formula is C17H16N6OS2. The van der Waals surface area contributed by atoms with E-state index < -0.39 is 5.91 Å². The van der Waals surface area contributed by atoms with E-state index in [2.05, 4.69) is 32.8 Å². The molecule has 0 saturated carbocycles. The molecule has 9 heteroatoms.